The predicted octanol–water partition coefficient (Wildman–Crippen LogP) is 3.97. The van der Waals surface area contributed by atoms with Crippen molar-refractivity contribution in [1.29, 1.82) is 0 Å². The van der Waals surface area contributed by atoms with Gasteiger partial charge in [0.15, 0.2) is 0 Å². The molecule has 0 spiro atoms. The van der Waals surface area contributed by atoms with Gasteiger partial charge in [-0.05, 0) is 76.3 Å². The molecule has 0 bridgehead atoms. The Morgan fingerprint density at radius 3 is 2.16 bits per heavy atom. The molecular weight excluding hydrogens is 390 g/mol. The van der Waals surface area contributed by atoms with Crippen LogP contribution in [0.4, 0.5) is 0 Å². The van der Waals surface area contributed by atoms with Gasteiger partial charge in [-0.2, -0.15) is 0 Å². The summed E-state index contributed by atoms with van der Waals surface area (Å²) in [5.41, 5.74) is 3.73. The summed E-state index contributed by atoms with van der Waals surface area (Å²) in [6.45, 7) is 7.11. The first kappa shape index (κ1) is 21.5. The summed E-state index contributed by atoms with van der Waals surface area (Å²) in [7, 11) is 1.65. The molecule has 0 aliphatic carbocycles. The maximum atomic E-state index is 13.3. The number of hydrogen-bond acceptors (Lipinski definition) is 3. The lowest BCUT2D eigenvalue weighted by molar-refractivity contribution is -0.137. The Morgan fingerprint density at radius 1 is 0.903 bits per heavy atom. The molecule has 1 aromatic carbocycles. The molecule has 2 aromatic rings. The Labute approximate surface area is 184 Å². The van der Waals surface area contributed by atoms with E-state index in [1.807, 2.05) is 54.0 Å². The number of likely N-dealkylation sites (tertiary alicyclic amines) is 2. The molecule has 0 atom stereocenters. The van der Waals surface area contributed by atoms with Crippen LogP contribution in [0.25, 0.3) is 5.69 Å². The molecule has 2 fully saturated rings. The third-order valence-electron chi connectivity index (χ3n) is 6.79. The second kappa shape index (κ2) is 9.16. The fraction of sp³-hybridized carbons (Fsp3) is 0.520. The molecule has 6 heteroatoms. The van der Waals surface area contributed by atoms with Crippen LogP contribution in [-0.2, 0) is 4.79 Å². The van der Waals surface area contributed by atoms with E-state index < -0.39 is 0 Å². The van der Waals surface area contributed by atoms with E-state index in [2.05, 4.69) is 4.57 Å². The van der Waals surface area contributed by atoms with Gasteiger partial charge >= 0.3 is 0 Å². The molecule has 3 heterocycles. The normalized spacial score (nSPS) is 17.6. The van der Waals surface area contributed by atoms with Crippen molar-refractivity contribution < 1.29 is 14.3 Å². The van der Waals surface area contributed by atoms with Gasteiger partial charge < -0.3 is 19.1 Å². The molecule has 2 saturated heterocycles. The Hall–Kier alpha value is -2.76. The van der Waals surface area contributed by atoms with Crippen molar-refractivity contribution in [1.82, 2.24) is 14.4 Å². The van der Waals surface area contributed by atoms with Gasteiger partial charge in [0.25, 0.3) is 5.91 Å². The van der Waals surface area contributed by atoms with Crippen molar-refractivity contribution in [3.8, 4) is 11.4 Å². The van der Waals surface area contributed by atoms with Crippen molar-refractivity contribution >= 4 is 11.8 Å². The van der Waals surface area contributed by atoms with E-state index in [0.717, 1.165) is 67.2 Å². The molecule has 2 aliphatic rings. The highest BCUT2D eigenvalue weighted by atomic mass is 16.5. The van der Waals surface area contributed by atoms with Crippen LogP contribution in [-0.4, -0.2) is 59.5 Å². The van der Waals surface area contributed by atoms with Gasteiger partial charge in [0.2, 0.25) is 5.91 Å². The van der Waals surface area contributed by atoms with Gasteiger partial charge in [0, 0.05) is 49.2 Å². The second-order valence-electron chi connectivity index (χ2n) is 8.77. The zero-order chi connectivity index (χ0) is 22.0. The van der Waals surface area contributed by atoms with Crippen LogP contribution < -0.4 is 4.74 Å². The summed E-state index contributed by atoms with van der Waals surface area (Å²) < 4.78 is 7.37. The molecule has 0 radical (unpaired) electrons. The minimum absolute atomic E-state index is 0.0638. The fourth-order valence-corrected chi connectivity index (χ4v) is 4.98. The fourth-order valence-electron chi connectivity index (χ4n) is 4.98. The summed E-state index contributed by atoms with van der Waals surface area (Å²) in [5, 5.41) is 0. The monoisotopic (exact) mass is 423 g/mol. The number of amides is 2. The third kappa shape index (κ3) is 4.34. The van der Waals surface area contributed by atoms with Crippen molar-refractivity contribution in [3.05, 3.63) is 47.3 Å². The summed E-state index contributed by atoms with van der Waals surface area (Å²) in [4.78, 5) is 30.1. The molecule has 0 N–H and O–H groups in total. The standard InChI is InChI=1S/C25H33N3O3/c1-18-17-23(19(2)28(18)21-7-9-22(31-3)10-8-21)25(30)27-15-11-20(12-16-27)24(29)26-13-5-4-6-14-26/h7-10,17,20H,4-6,11-16H2,1-3H3. The number of aryl methyl sites for hydroxylation is 1. The van der Waals surface area contributed by atoms with Crippen molar-refractivity contribution in [2.24, 2.45) is 5.92 Å². The molecule has 6 nitrogen and oxygen atoms in total. The van der Waals surface area contributed by atoms with Crippen LogP contribution in [0.1, 0.15) is 53.8 Å². The van der Waals surface area contributed by atoms with Crippen molar-refractivity contribution in [2.75, 3.05) is 33.3 Å². The van der Waals surface area contributed by atoms with Crippen molar-refractivity contribution in [2.45, 2.75) is 46.0 Å². The van der Waals surface area contributed by atoms with E-state index in [0.29, 0.717) is 19.0 Å². The number of rotatable bonds is 4. The second-order valence-corrected chi connectivity index (χ2v) is 8.77. The minimum Gasteiger partial charge on any atom is -0.497 e. The Bertz CT molecular complexity index is 934. The number of carbonyl (C=O) groups is 2. The third-order valence-corrected chi connectivity index (χ3v) is 6.79. The summed E-state index contributed by atoms with van der Waals surface area (Å²) in [5.74, 6) is 1.24. The molecule has 0 unspecified atom stereocenters. The zero-order valence-electron chi connectivity index (χ0n) is 18.9. The highest BCUT2D eigenvalue weighted by molar-refractivity contribution is 5.96. The molecule has 1 aromatic heterocycles. The van der Waals surface area contributed by atoms with Crippen molar-refractivity contribution in [3.63, 3.8) is 0 Å². The molecule has 166 valence electrons. The quantitative estimate of drug-likeness (QED) is 0.748. The van der Waals surface area contributed by atoms with E-state index in [1.54, 1.807) is 7.11 Å². The highest BCUT2D eigenvalue weighted by Crippen LogP contribution is 2.27. The zero-order valence-corrected chi connectivity index (χ0v) is 18.9. The number of methoxy groups -OCH3 is 1. The van der Waals surface area contributed by atoms with E-state index >= 15 is 0 Å². The van der Waals surface area contributed by atoms with E-state index in [9.17, 15) is 9.59 Å². The van der Waals surface area contributed by atoms with Gasteiger partial charge in [0.1, 0.15) is 5.75 Å². The molecule has 31 heavy (non-hydrogen) atoms. The number of hydrogen-bond donors (Lipinski definition) is 0. The number of piperidine rings is 2. The van der Waals surface area contributed by atoms with Gasteiger partial charge in [-0.25, -0.2) is 0 Å². The largest absolute Gasteiger partial charge is 0.497 e. The van der Waals surface area contributed by atoms with Gasteiger partial charge in [-0.1, -0.05) is 0 Å². The van der Waals surface area contributed by atoms with Crippen LogP contribution in [0.5, 0.6) is 5.75 Å². The van der Waals surface area contributed by atoms with E-state index in [1.165, 1.54) is 6.42 Å². The predicted molar refractivity (Wildman–Crippen MR) is 121 cm³/mol. The van der Waals surface area contributed by atoms with Crippen LogP contribution in [0.15, 0.2) is 30.3 Å². The molecule has 4 rings (SSSR count). The highest BCUT2D eigenvalue weighted by Gasteiger charge is 2.32. The first-order valence-corrected chi connectivity index (χ1v) is 11.4. The topological polar surface area (TPSA) is 54.8 Å². The van der Waals surface area contributed by atoms with Crippen LogP contribution in [0.3, 0.4) is 0 Å². The van der Waals surface area contributed by atoms with E-state index in [-0.39, 0.29) is 11.8 Å². The van der Waals surface area contributed by atoms with Crippen LogP contribution >= 0.6 is 0 Å². The summed E-state index contributed by atoms with van der Waals surface area (Å²) in [6.07, 6.45) is 4.99. The molecule has 2 aliphatic heterocycles. The molecular formula is C25H33N3O3. The summed E-state index contributed by atoms with van der Waals surface area (Å²) in [6, 6.07) is 9.85. The number of benzene rings is 1. The average Bonchev–Trinajstić information content (AvgIpc) is 3.12. The lowest BCUT2D eigenvalue weighted by Crippen LogP contribution is -2.45. The lowest BCUT2D eigenvalue weighted by atomic mass is 9.94. The maximum absolute atomic E-state index is 13.3. The van der Waals surface area contributed by atoms with Gasteiger partial charge in [-0.3, -0.25) is 9.59 Å². The number of carbonyl (C=O) groups excluding carboxylic acids is 2. The number of nitrogens with zero attached hydrogens (tertiary/aromatic N) is 3. The van der Waals surface area contributed by atoms with E-state index in [4.69, 9.17) is 4.74 Å². The number of aromatic nitrogens is 1. The molecule has 2 amide bonds. The molecule has 0 saturated carbocycles. The Morgan fingerprint density at radius 2 is 1.55 bits per heavy atom. The first-order chi connectivity index (χ1) is 15.0. The lowest BCUT2D eigenvalue weighted by Gasteiger charge is -2.35. The van der Waals surface area contributed by atoms with Gasteiger partial charge in [0.05, 0.1) is 12.7 Å². The SMILES string of the molecule is COc1ccc(-n2c(C)cc(C(=O)N3CCC(C(=O)N4CCCCC4)CC3)c2C)cc1. The Balaban J connectivity index is 1.44. The summed E-state index contributed by atoms with van der Waals surface area (Å²) >= 11 is 0. The average molecular weight is 424 g/mol. The Kier molecular flexibility index (Phi) is 6.35. The first-order valence-electron chi connectivity index (χ1n) is 11.4. The van der Waals surface area contributed by atoms with Crippen LogP contribution in [0.2, 0.25) is 0 Å². The van der Waals surface area contributed by atoms with Gasteiger partial charge in [-0.15, -0.1) is 0 Å². The maximum Gasteiger partial charge on any atom is 0.255 e. The smallest absolute Gasteiger partial charge is 0.255 e. The van der Waals surface area contributed by atoms with Crippen LogP contribution in [0, 0.1) is 19.8 Å². The number of ether oxygens (including phenoxy) is 1. The minimum atomic E-state index is 0.0638.